The van der Waals surface area contributed by atoms with Crippen molar-refractivity contribution in [1.29, 1.82) is 0 Å². The van der Waals surface area contributed by atoms with E-state index in [2.05, 4.69) is 10.6 Å². The number of thioether (sulfide) groups is 1. The topological polar surface area (TPSA) is 61.4 Å². The lowest BCUT2D eigenvalue weighted by Gasteiger charge is -2.20. The van der Waals surface area contributed by atoms with Crippen LogP contribution in [0.3, 0.4) is 0 Å². The van der Waals surface area contributed by atoms with Crippen LogP contribution in [0.4, 0.5) is 16.2 Å². The van der Waals surface area contributed by atoms with Crippen molar-refractivity contribution in [2.45, 2.75) is 56.6 Å². The summed E-state index contributed by atoms with van der Waals surface area (Å²) >= 11 is 1.84. The molecule has 0 spiro atoms. The second-order valence-electron chi connectivity index (χ2n) is 8.13. The number of urea groups is 1. The fourth-order valence-electron chi connectivity index (χ4n) is 3.91. The highest BCUT2D eigenvalue weighted by molar-refractivity contribution is 8.00. The van der Waals surface area contributed by atoms with E-state index in [-0.39, 0.29) is 18.5 Å². The van der Waals surface area contributed by atoms with Gasteiger partial charge in [0.15, 0.2) is 0 Å². The van der Waals surface area contributed by atoms with Crippen LogP contribution in [0.15, 0.2) is 41.3 Å². The summed E-state index contributed by atoms with van der Waals surface area (Å²) in [4.78, 5) is 27.7. The lowest BCUT2D eigenvalue weighted by molar-refractivity contribution is -0.116. The van der Waals surface area contributed by atoms with Crippen molar-refractivity contribution in [1.82, 2.24) is 4.90 Å². The third-order valence-corrected chi connectivity index (χ3v) is 6.81. The predicted molar refractivity (Wildman–Crippen MR) is 125 cm³/mol. The average molecular weight is 426 g/mol. The summed E-state index contributed by atoms with van der Waals surface area (Å²) in [6.07, 6.45) is 5.02. The van der Waals surface area contributed by atoms with E-state index in [0.717, 1.165) is 33.0 Å². The molecule has 1 saturated carbocycles. The number of hydrogen-bond donors (Lipinski definition) is 2. The molecule has 1 fully saturated rings. The Morgan fingerprint density at radius 3 is 2.33 bits per heavy atom. The molecule has 0 heterocycles. The van der Waals surface area contributed by atoms with Crippen LogP contribution in [0, 0.1) is 20.8 Å². The molecule has 0 saturated heterocycles. The Morgan fingerprint density at radius 1 is 1.03 bits per heavy atom. The molecule has 1 aliphatic carbocycles. The summed E-state index contributed by atoms with van der Waals surface area (Å²) < 4.78 is 0. The van der Waals surface area contributed by atoms with E-state index in [4.69, 9.17) is 0 Å². The number of nitrogens with one attached hydrogen (secondary N) is 2. The Morgan fingerprint density at radius 2 is 1.67 bits per heavy atom. The minimum Gasteiger partial charge on any atom is -0.324 e. The molecule has 0 aromatic heterocycles. The van der Waals surface area contributed by atoms with E-state index in [1.807, 2.05) is 68.9 Å². The Hall–Kier alpha value is -2.47. The van der Waals surface area contributed by atoms with Crippen LogP contribution < -0.4 is 10.6 Å². The van der Waals surface area contributed by atoms with Gasteiger partial charge in [-0.15, -0.1) is 11.8 Å². The van der Waals surface area contributed by atoms with Gasteiger partial charge in [-0.1, -0.05) is 42.7 Å². The van der Waals surface area contributed by atoms with Crippen molar-refractivity contribution >= 4 is 35.1 Å². The zero-order valence-electron chi connectivity index (χ0n) is 18.2. The summed E-state index contributed by atoms with van der Waals surface area (Å²) in [5.74, 6) is -0.212. The number of carbonyl (C=O) groups is 2. The second kappa shape index (κ2) is 10.0. The number of likely N-dealkylation sites (N-methyl/N-ethyl adjacent to an activating group) is 1. The van der Waals surface area contributed by atoms with Gasteiger partial charge in [-0.2, -0.15) is 0 Å². The molecular formula is C24H31N3O2S. The van der Waals surface area contributed by atoms with Crippen molar-refractivity contribution in [2.75, 3.05) is 24.2 Å². The van der Waals surface area contributed by atoms with Gasteiger partial charge in [0.1, 0.15) is 6.54 Å². The molecule has 6 heteroatoms. The fourth-order valence-corrected chi connectivity index (χ4v) is 5.24. The summed E-state index contributed by atoms with van der Waals surface area (Å²) in [5, 5.41) is 6.54. The van der Waals surface area contributed by atoms with Gasteiger partial charge in [0, 0.05) is 22.9 Å². The molecule has 1 aliphatic rings. The fraction of sp³-hybridized carbons (Fsp3) is 0.417. The van der Waals surface area contributed by atoms with Crippen molar-refractivity contribution in [3.05, 3.63) is 53.1 Å². The quantitative estimate of drug-likeness (QED) is 0.619. The SMILES string of the molecule is Cc1cc(C)c(NC(=O)CN(C)C(=O)Nc2ccccc2SC2CCCC2)c(C)c1. The molecule has 2 N–H and O–H groups in total. The van der Waals surface area contributed by atoms with Crippen LogP contribution in [0.1, 0.15) is 42.4 Å². The third-order valence-electron chi connectivity index (χ3n) is 5.39. The Labute approximate surface area is 183 Å². The van der Waals surface area contributed by atoms with Crippen LogP contribution in [0.5, 0.6) is 0 Å². The van der Waals surface area contributed by atoms with E-state index in [1.54, 1.807) is 7.05 Å². The highest BCUT2D eigenvalue weighted by atomic mass is 32.2. The van der Waals surface area contributed by atoms with E-state index in [0.29, 0.717) is 5.25 Å². The lowest BCUT2D eigenvalue weighted by Crippen LogP contribution is -2.38. The van der Waals surface area contributed by atoms with E-state index in [9.17, 15) is 9.59 Å². The zero-order chi connectivity index (χ0) is 21.7. The minimum absolute atomic E-state index is 0.0173. The summed E-state index contributed by atoms with van der Waals surface area (Å²) in [6, 6.07) is 11.7. The van der Waals surface area contributed by atoms with Crippen molar-refractivity contribution in [3.63, 3.8) is 0 Å². The van der Waals surface area contributed by atoms with Crippen molar-refractivity contribution in [2.24, 2.45) is 0 Å². The van der Waals surface area contributed by atoms with E-state index < -0.39 is 0 Å². The normalized spacial score (nSPS) is 13.9. The van der Waals surface area contributed by atoms with Gasteiger partial charge in [0.05, 0.1) is 5.69 Å². The molecule has 0 atom stereocenters. The number of carbonyl (C=O) groups excluding carboxylic acids is 2. The van der Waals surface area contributed by atoms with Gasteiger partial charge < -0.3 is 15.5 Å². The van der Waals surface area contributed by atoms with Gasteiger partial charge in [0.25, 0.3) is 0 Å². The molecule has 160 valence electrons. The first-order chi connectivity index (χ1) is 14.3. The summed E-state index contributed by atoms with van der Waals surface area (Å²) in [5.41, 5.74) is 4.82. The van der Waals surface area contributed by atoms with E-state index >= 15 is 0 Å². The summed E-state index contributed by atoms with van der Waals surface area (Å²) in [7, 11) is 1.64. The first-order valence-corrected chi connectivity index (χ1v) is 11.4. The minimum atomic E-state index is -0.290. The number of rotatable bonds is 6. The van der Waals surface area contributed by atoms with Crippen molar-refractivity contribution < 1.29 is 9.59 Å². The molecule has 0 unspecified atom stereocenters. The zero-order valence-corrected chi connectivity index (χ0v) is 19.1. The highest BCUT2D eigenvalue weighted by Crippen LogP contribution is 2.38. The molecule has 2 aromatic carbocycles. The standard InChI is InChI=1S/C24H31N3O2S/c1-16-13-17(2)23(18(3)14-16)26-22(28)15-27(4)24(29)25-20-11-7-8-12-21(20)30-19-9-5-6-10-19/h7-8,11-14,19H,5-6,9-10,15H2,1-4H3,(H,25,29)(H,26,28). The summed E-state index contributed by atoms with van der Waals surface area (Å²) in [6.45, 7) is 5.97. The van der Waals surface area contributed by atoms with Gasteiger partial charge in [-0.25, -0.2) is 4.79 Å². The number of hydrogen-bond acceptors (Lipinski definition) is 3. The molecule has 30 heavy (non-hydrogen) atoms. The van der Waals surface area contributed by atoms with Gasteiger partial charge in [-0.05, 0) is 56.9 Å². The largest absolute Gasteiger partial charge is 0.324 e. The monoisotopic (exact) mass is 425 g/mol. The molecule has 0 radical (unpaired) electrons. The molecule has 0 bridgehead atoms. The number of aryl methyl sites for hydroxylation is 3. The van der Waals surface area contributed by atoms with Crippen molar-refractivity contribution in [3.8, 4) is 0 Å². The number of anilines is 2. The molecule has 2 aromatic rings. The Bertz CT molecular complexity index is 899. The third kappa shape index (κ3) is 5.79. The number of benzene rings is 2. The van der Waals surface area contributed by atoms with Crippen LogP contribution in [0.25, 0.3) is 0 Å². The molecular weight excluding hydrogens is 394 g/mol. The Kier molecular flexibility index (Phi) is 7.43. The van der Waals surface area contributed by atoms with E-state index in [1.165, 1.54) is 30.6 Å². The first kappa shape index (κ1) is 22.2. The maximum absolute atomic E-state index is 12.7. The average Bonchev–Trinajstić information content (AvgIpc) is 3.19. The smallest absolute Gasteiger partial charge is 0.322 e. The number of amides is 3. The van der Waals surface area contributed by atoms with Gasteiger partial charge >= 0.3 is 6.03 Å². The maximum atomic E-state index is 12.7. The molecule has 0 aliphatic heterocycles. The first-order valence-electron chi connectivity index (χ1n) is 10.5. The van der Waals surface area contributed by atoms with Crippen LogP contribution in [-0.4, -0.2) is 35.7 Å². The molecule has 3 amide bonds. The maximum Gasteiger partial charge on any atom is 0.322 e. The van der Waals surface area contributed by atoms with Gasteiger partial charge in [-0.3, -0.25) is 4.79 Å². The second-order valence-corrected chi connectivity index (χ2v) is 9.47. The Balaban J connectivity index is 1.59. The number of nitrogens with zero attached hydrogens (tertiary/aromatic N) is 1. The highest BCUT2D eigenvalue weighted by Gasteiger charge is 2.19. The number of para-hydroxylation sites is 1. The predicted octanol–water partition coefficient (Wildman–Crippen LogP) is 5.75. The van der Waals surface area contributed by atoms with Crippen LogP contribution >= 0.6 is 11.8 Å². The van der Waals surface area contributed by atoms with Crippen LogP contribution in [-0.2, 0) is 4.79 Å². The molecule has 5 nitrogen and oxygen atoms in total. The van der Waals surface area contributed by atoms with Gasteiger partial charge in [0.2, 0.25) is 5.91 Å². The lowest BCUT2D eigenvalue weighted by atomic mass is 10.1. The molecule has 3 rings (SSSR count). The van der Waals surface area contributed by atoms with Crippen LogP contribution in [0.2, 0.25) is 0 Å².